The molecule has 0 aliphatic heterocycles. The van der Waals surface area contributed by atoms with Crippen molar-refractivity contribution in [2.75, 3.05) is 5.73 Å². The summed E-state index contributed by atoms with van der Waals surface area (Å²) in [6.07, 6.45) is -1.59. The van der Waals surface area contributed by atoms with Crippen LogP contribution in [0.5, 0.6) is 0 Å². The maximum Gasteiger partial charge on any atom is 0.280 e. The molecule has 0 unspecified atom stereocenters. The number of rotatable bonds is 2. The van der Waals surface area contributed by atoms with Crippen molar-refractivity contribution in [3.05, 3.63) is 22.5 Å². The molecule has 0 spiro atoms. The summed E-state index contributed by atoms with van der Waals surface area (Å²) < 4.78 is 24.6. The van der Waals surface area contributed by atoms with E-state index in [0.717, 1.165) is 6.20 Å². The quantitative estimate of drug-likeness (QED) is 0.776. The lowest BCUT2D eigenvalue weighted by Gasteiger charge is -2.09. The van der Waals surface area contributed by atoms with Gasteiger partial charge in [-0.25, -0.2) is 8.78 Å². The fourth-order valence-corrected chi connectivity index (χ4v) is 1.12. The number of hydrogen-bond donors (Lipinski definition) is 2. The van der Waals surface area contributed by atoms with E-state index in [2.05, 4.69) is 4.98 Å². The minimum absolute atomic E-state index is 0.0782. The number of pyridine rings is 1. The van der Waals surface area contributed by atoms with Gasteiger partial charge in [-0.15, -0.1) is 0 Å². The third-order valence-electron chi connectivity index (χ3n) is 1.62. The van der Waals surface area contributed by atoms with E-state index in [4.69, 9.17) is 23.1 Å². The minimum atomic E-state index is -2.68. The maximum atomic E-state index is 12.3. The van der Waals surface area contributed by atoms with Crippen LogP contribution in [0.3, 0.4) is 0 Å². The minimum Gasteiger partial charge on any atom is -0.397 e. The molecule has 0 amide bonds. The number of nitrogens with zero attached hydrogens (tertiary/aromatic N) is 1. The summed E-state index contributed by atoms with van der Waals surface area (Å²) >= 11 is 5.58. The van der Waals surface area contributed by atoms with E-state index in [9.17, 15) is 8.78 Å². The van der Waals surface area contributed by atoms with Crippen molar-refractivity contribution in [3.8, 4) is 0 Å². The molecule has 0 atom stereocenters. The molecule has 72 valence electrons. The van der Waals surface area contributed by atoms with Gasteiger partial charge in [-0.3, -0.25) is 4.98 Å². The molecule has 3 nitrogen and oxygen atoms in total. The molecule has 0 radical (unpaired) electrons. The van der Waals surface area contributed by atoms with Crippen LogP contribution in [0, 0.1) is 0 Å². The van der Waals surface area contributed by atoms with Crippen molar-refractivity contribution in [1.82, 2.24) is 4.98 Å². The second-order valence-electron chi connectivity index (χ2n) is 2.39. The van der Waals surface area contributed by atoms with Crippen LogP contribution in [-0.4, -0.2) is 4.98 Å². The summed E-state index contributed by atoms with van der Waals surface area (Å²) in [6, 6.07) is 0. The van der Waals surface area contributed by atoms with Gasteiger partial charge in [0.15, 0.2) is 0 Å². The van der Waals surface area contributed by atoms with Crippen LogP contribution >= 0.6 is 11.6 Å². The predicted molar refractivity (Wildman–Crippen MR) is 46.5 cm³/mol. The highest BCUT2D eigenvalue weighted by molar-refractivity contribution is 6.33. The van der Waals surface area contributed by atoms with Gasteiger partial charge in [-0.1, -0.05) is 11.6 Å². The molecule has 1 aromatic rings. The van der Waals surface area contributed by atoms with Gasteiger partial charge in [0.1, 0.15) is 5.69 Å². The third-order valence-corrected chi connectivity index (χ3v) is 1.92. The van der Waals surface area contributed by atoms with Crippen LogP contribution in [0.25, 0.3) is 0 Å². The normalized spacial score (nSPS) is 10.8. The Morgan fingerprint density at radius 1 is 1.54 bits per heavy atom. The Bertz CT molecular complexity index is 317. The van der Waals surface area contributed by atoms with Gasteiger partial charge in [0.2, 0.25) is 0 Å². The molecule has 1 heterocycles. The topological polar surface area (TPSA) is 64.9 Å². The smallest absolute Gasteiger partial charge is 0.280 e. The number of nitrogen functional groups attached to an aromatic ring is 1. The molecule has 1 aromatic heterocycles. The molecule has 0 aliphatic rings. The summed E-state index contributed by atoms with van der Waals surface area (Å²) in [5.74, 6) is 0. The molecule has 0 aromatic carbocycles. The van der Waals surface area contributed by atoms with Crippen LogP contribution < -0.4 is 11.5 Å². The van der Waals surface area contributed by atoms with Crippen molar-refractivity contribution in [1.29, 1.82) is 0 Å². The van der Waals surface area contributed by atoms with E-state index in [-0.39, 0.29) is 22.8 Å². The Morgan fingerprint density at radius 2 is 2.15 bits per heavy atom. The zero-order chi connectivity index (χ0) is 10.0. The summed E-state index contributed by atoms with van der Waals surface area (Å²) in [5, 5.41) is 0.143. The highest BCUT2D eigenvalue weighted by atomic mass is 35.5. The molecule has 4 N–H and O–H groups in total. The van der Waals surface area contributed by atoms with Gasteiger partial charge in [-0.2, -0.15) is 0 Å². The first-order valence-electron chi connectivity index (χ1n) is 3.49. The van der Waals surface area contributed by atoms with Crippen LogP contribution in [0.2, 0.25) is 5.02 Å². The molecule has 0 fully saturated rings. The first-order chi connectivity index (χ1) is 6.07. The van der Waals surface area contributed by atoms with Crippen molar-refractivity contribution in [2.45, 2.75) is 13.0 Å². The number of anilines is 1. The van der Waals surface area contributed by atoms with E-state index < -0.39 is 12.1 Å². The van der Waals surface area contributed by atoms with Crippen LogP contribution in [0.1, 0.15) is 17.7 Å². The third kappa shape index (κ3) is 1.87. The largest absolute Gasteiger partial charge is 0.397 e. The van der Waals surface area contributed by atoms with Gasteiger partial charge in [0.05, 0.1) is 10.7 Å². The first-order valence-corrected chi connectivity index (χ1v) is 3.86. The zero-order valence-corrected chi connectivity index (χ0v) is 7.35. The van der Waals surface area contributed by atoms with Crippen molar-refractivity contribution >= 4 is 17.3 Å². The Hall–Kier alpha value is -0.940. The van der Waals surface area contributed by atoms with E-state index >= 15 is 0 Å². The lowest BCUT2D eigenvalue weighted by Crippen LogP contribution is -2.08. The van der Waals surface area contributed by atoms with Gasteiger partial charge in [0.25, 0.3) is 6.43 Å². The van der Waals surface area contributed by atoms with Gasteiger partial charge < -0.3 is 11.5 Å². The van der Waals surface area contributed by atoms with Crippen molar-refractivity contribution in [3.63, 3.8) is 0 Å². The molecular formula is C7H8ClF2N3. The van der Waals surface area contributed by atoms with Crippen molar-refractivity contribution < 1.29 is 8.78 Å². The number of halogens is 3. The van der Waals surface area contributed by atoms with Crippen LogP contribution in [0.15, 0.2) is 6.20 Å². The Balaban J connectivity index is 3.30. The van der Waals surface area contributed by atoms with E-state index in [1.54, 1.807) is 0 Å². The van der Waals surface area contributed by atoms with Crippen molar-refractivity contribution in [2.24, 2.45) is 5.73 Å². The van der Waals surface area contributed by atoms with Crippen LogP contribution in [-0.2, 0) is 6.54 Å². The number of nitrogens with two attached hydrogens (primary N) is 2. The summed E-state index contributed by atoms with van der Waals surface area (Å²) in [4.78, 5) is 3.47. The molecular weight excluding hydrogens is 200 g/mol. The second-order valence-corrected chi connectivity index (χ2v) is 2.80. The highest BCUT2D eigenvalue weighted by Crippen LogP contribution is 2.29. The number of alkyl halides is 2. The summed E-state index contributed by atoms with van der Waals surface area (Å²) in [7, 11) is 0. The highest BCUT2D eigenvalue weighted by Gasteiger charge is 2.17. The average Bonchev–Trinajstić information content (AvgIpc) is 2.09. The summed E-state index contributed by atoms with van der Waals surface area (Å²) in [6.45, 7) is -0.0981. The zero-order valence-electron chi connectivity index (χ0n) is 6.60. The number of hydrogen-bond acceptors (Lipinski definition) is 3. The fourth-order valence-electron chi connectivity index (χ4n) is 0.958. The molecule has 0 saturated carbocycles. The molecule has 0 bridgehead atoms. The van der Waals surface area contributed by atoms with Gasteiger partial charge in [-0.05, 0) is 0 Å². The van der Waals surface area contributed by atoms with E-state index in [1.807, 2.05) is 0 Å². The SMILES string of the molecule is NCc1c(C(F)F)ncc(Cl)c1N. The standard InChI is InChI=1S/C7H8ClF2N3/c8-4-2-13-6(7(9)10)3(1-11)5(4)12/h2,7H,1,11H2,(H2,12,13). The second kappa shape index (κ2) is 3.85. The molecule has 6 heteroatoms. The predicted octanol–water partition coefficient (Wildman–Crippen LogP) is 1.71. The maximum absolute atomic E-state index is 12.3. The average molecular weight is 208 g/mol. The Labute approximate surface area is 78.7 Å². The lowest BCUT2D eigenvalue weighted by atomic mass is 10.1. The van der Waals surface area contributed by atoms with Gasteiger partial charge >= 0.3 is 0 Å². The Morgan fingerprint density at radius 3 is 2.62 bits per heavy atom. The van der Waals surface area contributed by atoms with Gasteiger partial charge in [0, 0.05) is 18.3 Å². The van der Waals surface area contributed by atoms with E-state index in [0.29, 0.717) is 0 Å². The first kappa shape index (κ1) is 10.1. The lowest BCUT2D eigenvalue weighted by molar-refractivity contribution is 0.145. The fraction of sp³-hybridized carbons (Fsp3) is 0.286. The molecule has 1 rings (SSSR count). The Kier molecular flexibility index (Phi) is 3.00. The monoisotopic (exact) mass is 207 g/mol. The van der Waals surface area contributed by atoms with E-state index in [1.165, 1.54) is 0 Å². The summed E-state index contributed by atoms with van der Waals surface area (Å²) in [5.41, 5.74) is 10.5. The molecule has 0 saturated heterocycles. The van der Waals surface area contributed by atoms with Crippen LogP contribution in [0.4, 0.5) is 14.5 Å². The molecule has 0 aliphatic carbocycles. The number of aromatic nitrogens is 1. The molecule has 13 heavy (non-hydrogen) atoms.